The number of pyridine rings is 1. The van der Waals surface area contributed by atoms with Crippen molar-refractivity contribution in [1.82, 2.24) is 4.98 Å². The van der Waals surface area contributed by atoms with E-state index in [9.17, 15) is 0 Å². The lowest BCUT2D eigenvalue weighted by molar-refractivity contribution is 0.174. The normalized spacial score (nSPS) is 13.0. The number of hydrogen-bond donors (Lipinski definition) is 0. The Kier molecular flexibility index (Phi) is 4.85. The maximum absolute atomic E-state index is 5.58. The standard InChI is InChI=1S/C30H21NO2/c1-2-8-21(9-3-1)10-4-5-12-24-18-27(23-15-17-28-29(19-23)33-20-32-28)31-26-16-14-22-11-6-7-13-25(22)30(24)26/h1-19H,20H2/b10-4-,12-5+. The van der Waals surface area contributed by atoms with Gasteiger partial charge in [0.15, 0.2) is 11.5 Å². The molecule has 0 fully saturated rings. The third-order valence-corrected chi connectivity index (χ3v) is 5.87. The Morgan fingerprint density at radius 3 is 2.45 bits per heavy atom. The van der Waals surface area contributed by atoms with Crippen molar-refractivity contribution in [3.63, 3.8) is 0 Å². The van der Waals surface area contributed by atoms with Crippen molar-refractivity contribution in [1.29, 1.82) is 0 Å². The fourth-order valence-corrected chi connectivity index (χ4v) is 4.26. The Labute approximate surface area is 192 Å². The molecule has 0 radical (unpaired) electrons. The molecule has 0 saturated heterocycles. The largest absolute Gasteiger partial charge is 0.454 e. The molecule has 1 aliphatic rings. The maximum Gasteiger partial charge on any atom is 0.231 e. The Bertz CT molecular complexity index is 1530. The first-order valence-corrected chi connectivity index (χ1v) is 11.0. The van der Waals surface area contributed by atoms with Crippen LogP contribution in [0.5, 0.6) is 11.5 Å². The first-order valence-electron chi connectivity index (χ1n) is 11.0. The summed E-state index contributed by atoms with van der Waals surface area (Å²) in [6.45, 7) is 0.262. The van der Waals surface area contributed by atoms with Crippen LogP contribution < -0.4 is 9.47 Å². The van der Waals surface area contributed by atoms with Crippen LogP contribution in [0.1, 0.15) is 11.1 Å². The van der Waals surface area contributed by atoms with Gasteiger partial charge in [-0.05, 0) is 52.2 Å². The molecule has 1 aliphatic heterocycles. The summed E-state index contributed by atoms with van der Waals surface area (Å²) >= 11 is 0. The van der Waals surface area contributed by atoms with Gasteiger partial charge in [-0.2, -0.15) is 0 Å². The molecule has 0 amide bonds. The number of fused-ring (bicyclic) bond motifs is 4. The highest BCUT2D eigenvalue weighted by molar-refractivity contribution is 6.10. The predicted molar refractivity (Wildman–Crippen MR) is 135 cm³/mol. The summed E-state index contributed by atoms with van der Waals surface area (Å²) in [5.41, 5.74) is 5.18. The first-order chi connectivity index (χ1) is 16.3. The lowest BCUT2D eigenvalue weighted by Gasteiger charge is -2.11. The Hall–Kier alpha value is -4.37. The molecule has 3 heteroatoms. The van der Waals surface area contributed by atoms with Gasteiger partial charge in [0.1, 0.15) is 0 Å². The van der Waals surface area contributed by atoms with Gasteiger partial charge in [0.2, 0.25) is 6.79 Å². The summed E-state index contributed by atoms with van der Waals surface area (Å²) in [6.07, 6.45) is 8.43. The highest BCUT2D eigenvalue weighted by Crippen LogP contribution is 2.37. The zero-order valence-electron chi connectivity index (χ0n) is 17.9. The quantitative estimate of drug-likeness (QED) is 0.220. The molecule has 6 rings (SSSR count). The second-order valence-corrected chi connectivity index (χ2v) is 7.97. The molecule has 158 valence electrons. The SMILES string of the molecule is C(=C/c1ccccc1)/C=C/c1cc(-c2ccc3c(c2)OCO3)nc2ccc3ccccc3c12. The average molecular weight is 428 g/mol. The summed E-state index contributed by atoms with van der Waals surface area (Å²) in [4.78, 5) is 5.01. The van der Waals surface area contributed by atoms with Gasteiger partial charge >= 0.3 is 0 Å². The smallest absolute Gasteiger partial charge is 0.231 e. The van der Waals surface area contributed by atoms with Crippen molar-refractivity contribution in [3.8, 4) is 22.8 Å². The average Bonchev–Trinajstić information content (AvgIpc) is 3.35. The highest BCUT2D eigenvalue weighted by atomic mass is 16.7. The topological polar surface area (TPSA) is 31.4 Å². The Morgan fingerprint density at radius 2 is 1.52 bits per heavy atom. The van der Waals surface area contributed by atoms with Gasteiger partial charge in [0, 0.05) is 10.9 Å². The Balaban J connectivity index is 1.49. The van der Waals surface area contributed by atoms with E-state index in [1.807, 2.05) is 36.4 Å². The monoisotopic (exact) mass is 427 g/mol. The van der Waals surface area contributed by atoms with E-state index in [0.29, 0.717) is 0 Å². The molecule has 3 nitrogen and oxygen atoms in total. The minimum Gasteiger partial charge on any atom is -0.454 e. The van der Waals surface area contributed by atoms with E-state index in [1.54, 1.807) is 0 Å². The van der Waals surface area contributed by atoms with E-state index < -0.39 is 0 Å². The van der Waals surface area contributed by atoms with Gasteiger partial charge in [0.25, 0.3) is 0 Å². The van der Waals surface area contributed by atoms with E-state index in [2.05, 4.69) is 78.9 Å². The zero-order chi connectivity index (χ0) is 22.0. The molecule has 0 N–H and O–H groups in total. The lowest BCUT2D eigenvalue weighted by atomic mass is 9.98. The third kappa shape index (κ3) is 3.74. The van der Waals surface area contributed by atoms with Gasteiger partial charge in [0.05, 0.1) is 11.2 Å². The fraction of sp³-hybridized carbons (Fsp3) is 0.0333. The van der Waals surface area contributed by atoms with Crippen LogP contribution in [-0.4, -0.2) is 11.8 Å². The van der Waals surface area contributed by atoms with Crippen molar-refractivity contribution >= 4 is 33.8 Å². The summed E-state index contributed by atoms with van der Waals surface area (Å²) in [7, 11) is 0. The molecule has 0 atom stereocenters. The number of nitrogens with zero attached hydrogens (tertiary/aromatic N) is 1. The van der Waals surface area contributed by atoms with Crippen LogP contribution in [0.2, 0.25) is 0 Å². The first kappa shape index (κ1) is 19.3. The van der Waals surface area contributed by atoms with Crippen molar-refractivity contribution in [2.45, 2.75) is 0 Å². The summed E-state index contributed by atoms with van der Waals surface area (Å²) < 4.78 is 11.1. The fourth-order valence-electron chi connectivity index (χ4n) is 4.26. The molecule has 0 aliphatic carbocycles. The lowest BCUT2D eigenvalue weighted by Crippen LogP contribution is -1.93. The van der Waals surface area contributed by atoms with Crippen LogP contribution in [0, 0.1) is 0 Å². The number of rotatable bonds is 4. The van der Waals surface area contributed by atoms with Gasteiger partial charge < -0.3 is 9.47 Å². The summed E-state index contributed by atoms with van der Waals surface area (Å²) in [6, 6.07) is 31.1. The van der Waals surface area contributed by atoms with E-state index in [0.717, 1.165) is 39.2 Å². The van der Waals surface area contributed by atoms with Crippen molar-refractivity contribution < 1.29 is 9.47 Å². The zero-order valence-corrected chi connectivity index (χ0v) is 17.9. The number of ether oxygens (including phenoxy) is 2. The number of hydrogen-bond acceptors (Lipinski definition) is 3. The van der Waals surface area contributed by atoms with E-state index in [-0.39, 0.29) is 6.79 Å². The molecule has 5 aromatic rings. The summed E-state index contributed by atoms with van der Waals surface area (Å²) in [5, 5.41) is 3.56. The minimum absolute atomic E-state index is 0.262. The van der Waals surface area contributed by atoms with Crippen LogP contribution >= 0.6 is 0 Å². The predicted octanol–water partition coefficient (Wildman–Crippen LogP) is 7.51. The molecule has 4 aromatic carbocycles. The molecule has 0 bridgehead atoms. The summed E-state index contributed by atoms with van der Waals surface area (Å²) in [5.74, 6) is 1.53. The number of allylic oxidation sites excluding steroid dienone is 2. The van der Waals surface area contributed by atoms with Gasteiger partial charge in [-0.1, -0.05) is 85.0 Å². The van der Waals surface area contributed by atoms with E-state index in [4.69, 9.17) is 14.5 Å². The molecule has 0 unspecified atom stereocenters. The molecule has 0 spiro atoms. The second-order valence-electron chi connectivity index (χ2n) is 7.97. The maximum atomic E-state index is 5.58. The van der Waals surface area contributed by atoms with E-state index >= 15 is 0 Å². The molecule has 0 saturated carbocycles. The van der Waals surface area contributed by atoms with Crippen LogP contribution in [0.15, 0.2) is 103 Å². The van der Waals surface area contributed by atoms with Crippen LogP contribution in [0.25, 0.3) is 45.1 Å². The minimum atomic E-state index is 0.262. The van der Waals surface area contributed by atoms with Crippen LogP contribution in [0.4, 0.5) is 0 Å². The van der Waals surface area contributed by atoms with Crippen LogP contribution in [-0.2, 0) is 0 Å². The molecular formula is C30H21NO2. The van der Waals surface area contributed by atoms with E-state index in [1.165, 1.54) is 16.3 Å². The van der Waals surface area contributed by atoms with Crippen molar-refractivity contribution in [2.24, 2.45) is 0 Å². The third-order valence-electron chi connectivity index (χ3n) is 5.87. The molecule has 2 heterocycles. The highest BCUT2D eigenvalue weighted by Gasteiger charge is 2.15. The Morgan fingerprint density at radius 1 is 0.697 bits per heavy atom. The molecular weight excluding hydrogens is 406 g/mol. The van der Waals surface area contributed by atoms with Crippen molar-refractivity contribution in [3.05, 3.63) is 114 Å². The number of benzene rings is 4. The second kappa shape index (κ2) is 8.29. The van der Waals surface area contributed by atoms with Crippen molar-refractivity contribution in [2.75, 3.05) is 6.79 Å². The van der Waals surface area contributed by atoms with Gasteiger partial charge in [-0.15, -0.1) is 0 Å². The van der Waals surface area contributed by atoms with Crippen LogP contribution in [0.3, 0.4) is 0 Å². The van der Waals surface area contributed by atoms with Gasteiger partial charge in [-0.25, -0.2) is 4.98 Å². The van der Waals surface area contributed by atoms with Gasteiger partial charge in [-0.3, -0.25) is 0 Å². The molecule has 1 aromatic heterocycles. The molecule has 33 heavy (non-hydrogen) atoms. The number of aromatic nitrogens is 1.